The summed E-state index contributed by atoms with van der Waals surface area (Å²) in [5, 5.41) is 3.18. The zero-order valence-corrected chi connectivity index (χ0v) is 17.8. The van der Waals surface area contributed by atoms with Crippen molar-refractivity contribution in [1.82, 2.24) is 14.3 Å². The van der Waals surface area contributed by atoms with E-state index in [1.54, 1.807) is 24.5 Å². The second-order valence-electron chi connectivity index (χ2n) is 7.28. The Morgan fingerprint density at radius 3 is 2.63 bits per heavy atom. The van der Waals surface area contributed by atoms with Gasteiger partial charge in [-0.05, 0) is 61.4 Å². The molecule has 8 heteroatoms. The summed E-state index contributed by atoms with van der Waals surface area (Å²) >= 11 is 0. The lowest BCUT2D eigenvalue weighted by molar-refractivity contribution is -0.00492. The van der Waals surface area contributed by atoms with E-state index in [-0.39, 0.29) is 6.54 Å². The monoisotopic (exact) mass is 424 g/mol. The van der Waals surface area contributed by atoms with Crippen molar-refractivity contribution in [2.45, 2.75) is 24.8 Å². The number of sulfonamides is 1. The molecule has 1 saturated heterocycles. The highest BCUT2D eigenvalue weighted by atomic mass is 32.2. The minimum Gasteiger partial charge on any atom is -0.369 e. The third-order valence-electron chi connectivity index (χ3n) is 5.20. The second-order valence-corrected chi connectivity index (χ2v) is 9.22. The normalized spacial score (nSPS) is 17.6. The van der Waals surface area contributed by atoms with E-state index in [0.717, 1.165) is 22.6 Å². The SMILES string of the molecule is Cc1ccc(S(=O)(=O)N2CCO[C@@H](c3ccc(Nc4ccccn4)cn3)C2)cc1C. The highest BCUT2D eigenvalue weighted by Gasteiger charge is 2.32. The predicted octanol–water partition coefficient (Wildman–Crippen LogP) is 3.60. The van der Waals surface area contributed by atoms with Crippen molar-refractivity contribution in [3.8, 4) is 0 Å². The number of pyridine rings is 2. The summed E-state index contributed by atoms with van der Waals surface area (Å²) in [6, 6.07) is 14.6. The number of aromatic nitrogens is 2. The maximum Gasteiger partial charge on any atom is 0.243 e. The molecule has 0 radical (unpaired) electrons. The molecule has 0 saturated carbocycles. The Morgan fingerprint density at radius 1 is 1.07 bits per heavy atom. The lowest BCUT2D eigenvalue weighted by Gasteiger charge is -2.32. The van der Waals surface area contributed by atoms with Crippen LogP contribution in [0.25, 0.3) is 0 Å². The molecule has 30 heavy (non-hydrogen) atoms. The molecule has 1 aliphatic heterocycles. The molecule has 1 aliphatic rings. The summed E-state index contributed by atoms with van der Waals surface area (Å²) in [5.41, 5.74) is 3.52. The summed E-state index contributed by atoms with van der Waals surface area (Å²) in [4.78, 5) is 9.02. The van der Waals surface area contributed by atoms with Gasteiger partial charge in [-0.3, -0.25) is 4.98 Å². The summed E-state index contributed by atoms with van der Waals surface area (Å²) in [6.07, 6.45) is 3.00. The topological polar surface area (TPSA) is 84.4 Å². The number of ether oxygens (including phenoxy) is 1. The molecule has 0 aliphatic carbocycles. The van der Waals surface area contributed by atoms with Gasteiger partial charge in [0.2, 0.25) is 10.0 Å². The van der Waals surface area contributed by atoms with E-state index in [1.807, 2.05) is 50.2 Å². The molecule has 0 bridgehead atoms. The number of hydrogen-bond donors (Lipinski definition) is 1. The Bertz CT molecular complexity index is 1120. The third kappa shape index (κ3) is 4.35. The smallest absolute Gasteiger partial charge is 0.243 e. The molecule has 7 nitrogen and oxygen atoms in total. The second kappa shape index (κ2) is 8.51. The maximum absolute atomic E-state index is 13.1. The lowest BCUT2D eigenvalue weighted by atomic mass is 10.1. The average molecular weight is 425 g/mol. The molecule has 0 spiro atoms. The van der Waals surface area contributed by atoms with Crippen LogP contribution >= 0.6 is 0 Å². The van der Waals surface area contributed by atoms with Gasteiger partial charge < -0.3 is 10.1 Å². The summed E-state index contributed by atoms with van der Waals surface area (Å²) in [6.45, 7) is 4.76. The Labute approximate surface area is 176 Å². The number of anilines is 2. The van der Waals surface area contributed by atoms with E-state index < -0.39 is 16.1 Å². The Balaban J connectivity index is 1.49. The van der Waals surface area contributed by atoms with Crippen LogP contribution in [0.4, 0.5) is 11.5 Å². The van der Waals surface area contributed by atoms with Crippen LogP contribution < -0.4 is 5.32 Å². The van der Waals surface area contributed by atoms with Gasteiger partial charge >= 0.3 is 0 Å². The van der Waals surface area contributed by atoms with Crippen LogP contribution in [0, 0.1) is 13.8 Å². The van der Waals surface area contributed by atoms with Gasteiger partial charge in [0.25, 0.3) is 0 Å². The van der Waals surface area contributed by atoms with Gasteiger partial charge in [-0.1, -0.05) is 12.1 Å². The molecular weight excluding hydrogens is 400 g/mol. The molecule has 1 N–H and O–H groups in total. The van der Waals surface area contributed by atoms with Gasteiger partial charge in [0.05, 0.1) is 29.1 Å². The maximum atomic E-state index is 13.1. The average Bonchev–Trinajstić information content (AvgIpc) is 2.77. The first kappa shape index (κ1) is 20.5. The van der Waals surface area contributed by atoms with E-state index in [9.17, 15) is 8.42 Å². The van der Waals surface area contributed by atoms with Crippen molar-refractivity contribution in [1.29, 1.82) is 0 Å². The van der Waals surface area contributed by atoms with Crippen molar-refractivity contribution >= 4 is 21.5 Å². The number of nitrogens with one attached hydrogen (secondary N) is 1. The molecular formula is C22H24N4O3S. The molecule has 0 amide bonds. The molecule has 3 heterocycles. The van der Waals surface area contributed by atoms with Gasteiger partial charge in [0.1, 0.15) is 11.9 Å². The first-order chi connectivity index (χ1) is 14.4. The van der Waals surface area contributed by atoms with Gasteiger partial charge in [0.15, 0.2) is 0 Å². The van der Waals surface area contributed by atoms with Crippen LogP contribution in [0.1, 0.15) is 22.9 Å². The molecule has 156 valence electrons. The molecule has 2 aromatic heterocycles. The van der Waals surface area contributed by atoms with Crippen molar-refractivity contribution in [2.75, 3.05) is 25.0 Å². The Hall–Kier alpha value is -2.81. The van der Waals surface area contributed by atoms with Crippen molar-refractivity contribution in [3.63, 3.8) is 0 Å². The fourth-order valence-corrected chi connectivity index (χ4v) is 4.81. The summed E-state index contributed by atoms with van der Waals surface area (Å²) in [5.74, 6) is 0.728. The van der Waals surface area contributed by atoms with E-state index in [2.05, 4.69) is 15.3 Å². The van der Waals surface area contributed by atoms with Crippen molar-refractivity contribution in [2.24, 2.45) is 0 Å². The number of benzene rings is 1. The number of morpholine rings is 1. The van der Waals surface area contributed by atoms with Crippen LogP contribution in [-0.4, -0.2) is 42.4 Å². The van der Waals surface area contributed by atoms with Gasteiger partial charge in [-0.15, -0.1) is 0 Å². The standard InChI is InChI=1S/C22H24N4O3S/c1-16-6-8-19(13-17(16)2)30(27,28)26-11-12-29-21(15-26)20-9-7-18(14-24-20)25-22-5-3-4-10-23-22/h3-10,13-14,21H,11-12,15H2,1-2H3,(H,23,25)/t21-/m1/s1. The molecule has 1 atom stereocenters. The zero-order chi connectivity index (χ0) is 21.1. The summed E-state index contributed by atoms with van der Waals surface area (Å²) < 4.78 is 33.5. The fraction of sp³-hybridized carbons (Fsp3) is 0.273. The van der Waals surface area contributed by atoms with Gasteiger partial charge in [-0.2, -0.15) is 4.31 Å². The highest BCUT2D eigenvalue weighted by molar-refractivity contribution is 7.89. The molecule has 3 aromatic rings. The van der Waals surface area contributed by atoms with E-state index in [0.29, 0.717) is 23.7 Å². The third-order valence-corrected chi connectivity index (χ3v) is 7.06. The quantitative estimate of drug-likeness (QED) is 0.674. The minimum absolute atomic E-state index is 0.231. The highest BCUT2D eigenvalue weighted by Crippen LogP contribution is 2.27. The first-order valence-corrected chi connectivity index (χ1v) is 11.2. The number of rotatable bonds is 5. The van der Waals surface area contributed by atoms with E-state index >= 15 is 0 Å². The van der Waals surface area contributed by atoms with E-state index in [1.165, 1.54) is 4.31 Å². The number of aryl methyl sites for hydroxylation is 2. The van der Waals surface area contributed by atoms with E-state index in [4.69, 9.17) is 4.74 Å². The fourth-order valence-electron chi connectivity index (χ4n) is 3.30. The summed E-state index contributed by atoms with van der Waals surface area (Å²) in [7, 11) is -3.59. The zero-order valence-electron chi connectivity index (χ0n) is 16.9. The van der Waals surface area contributed by atoms with Crippen LogP contribution in [0.3, 0.4) is 0 Å². The van der Waals surface area contributed by atoms with Crippen LogP contribution in [0.2, 0.25) is 0 Å². The van der Waals surface area contributed by atoms with Crippen molar-refractivity contribution < 1.29 is 13.2 Å². The molecule has 1 fully saturated rings. The van der Waals surface area contributed by atoms with Crippen LogP contribution in [0.5, 0.6) is 0 Å². The predicted molar refractivity (Wildman–Crippen MR) is 115 cm³/mol. The Morgan fingerprint density at radius 2 is 1.93 bits per heavy atom. The largest absolute Gasteiger partial charge is 0.369 e. The van der Waals surface area contributed by atoms with Crippen LogP contribution in [0.15, 0.2) is 65.8 Å². The van der Waals surface area contributed by atoms with Gasteiger partial charge in [0, 0.05) is 19.3 Å². The molecule has 1 aromatic carbocycles. The number of hydrogen-bond acceptors (Lipinski definition) is 6. The van der Waals surface area contributed by atoms with Crippen LogP contribution in [-0.2, 0) is 14.8 Å². The van der Waals surface area contributed by atoms with Gasteiger partial charge in [-0.25, -0.2) is 13.4 Å². The lowest BCUT2D eigenvalue weighted by Crippen LogP contribution is -2.42. The Kier molecular flexibility index (Phi) is 5.80. The number of nitrogens with zero attached hydrogens (tertiary/aromatic N) is 3. The molecule has 4 rings (SSSR count). The molecule has 0 unspecified atom stereocenters. The van der Waals surface area contributed by atoms with Crippen molar-refractivity contribution in [3.05, 3.63) is 77.7 Å². The first-order valence-electron chi connectivity index (χ1n) is 9.76. The minimum atomic E-state index is -3.59.